The highest BCUT2D eigenvalue weighted by Gasteiger charge is 2.46. The number of aryl methyl sites for hydroxylation is 2. The summed E-state index contributed by atoms with van der Waals surface area (Å²) in [4.78, 5) is 53.1. The Bertz CT molecular complexity index is 1550. The van der Waals surface area contributed by atoms with Crippen LogP contribution in [0.5, 0.6) is 0 Å². The quantitative estimate of drug-likeness (QED) is 0.174. The van der Waals surface area contributed by atoms with Crippen LogP contribution in [0.15, 0.2) is 84.9 Å². The molecule has 0 radical (unpaired) electrons. The van der Waals surface area contributed by atoms with Gasteiger partial charge in [-0.25, -0.2) is 4.79 Å². The summed E-state index contributed by atoms with van der Waals surface area (Å²) in [6.07, 6.45) is -1.20. The van der Waals surface area contributed by atoms with Gasteiger partial charge in [-0.2, -0.15) is 0 Å². The lowest BCUT2D eigenvalue weighted by Gasteiger charge is -2.21. The Hall–Kier alpha value is -4.58. The topological polar surface area (TPSA) is 89.5 Å². The summed E-state index contributed by atoms with van der Waals surface area (Å²) < 4.78 is 5.52. The van der Waals surface area contributed by atoms with Crippen LogP contribution in [0.1, 0.15) is 43.5 Å². The van der Waals surface area contributed by atoms with E-state index in [1.807, 2.05) is 50.2 Å². The molecule has 1 aliphatic rings. The molecule has 4 aromatic rings. The van der Waals surface area contributed by atoms with Crippen LogP contribution in [0.2, 0.25) is 0 Å². The standard InChI is InChI=1S/C30H23NO5/c1-17-11-14-24(18(2)15-17)31-29(34)27(33)25(28-22-9-5-6-10-23(22)30(35)36-28)26(32)21-13-12-19-7-3-4-8-20(19)16-21/h3-16,25,28H,1-2H3,(H,31,34)/t25-,28-/m1/s1. The fourth-order valence-electron chi connectivity index (χ4n) is 4.62. The van der Waals surface area contributed by atoms with Gasteiger partial charge in [0.2, 0.25) is 5.78 Å². The van der Waals surface area contributed by atoms with Crippen LogP contribution < -0.4 is 5.32 Å². The van der Waals surface area contributed by atoms with Gasteiger partial charge in [0, 0.05) is 16.8 Å². The zero-order valence-electron chi connectivity index (χ0n) is 19.8. The van der Waals surface area contributed by atoms with E-state index in [0.717, 1.165) is 21.9 Å². The number of hydrogen-bond donors (Lipinski definition) is 1. The van der Waals surface area contributed by atoms with Crippen molar-refractivity contribution in [3.63, 3.8) is 0 Å². The third-order valence-corrected chi connectivity index (χ3v) is 6.48. The van der Waals surface area contributed by atoms with Gasteiger partial charge in [-0.05, 0) is 48.4 Å². The number of anilines is 1. The zero-order chi connectivity index (χ0) is 25.4. The summed E-state index contributed by atoms with van der Waals surface area (Å²) in [7, 11) is 0. The molecule has 178 valence electrons. The van der Waals surface area contributed by atoms with E-state index in [4.69, 9.17) is 4.74 Å². The molecule has 5 rings (SSSR count). The summed E-state index contributed by atoms with van der Waals surface area (Å²) in [5.41, 5.74) is 3.21. The molecule has 0 fully saturated rings. The number of carbonyl (C=O) groups is 4. The average molecular weight is 478 g/mol. The minimum Gasteiger partial charge on any atom is -0.453 e. The Balaban J connectivity index is 1.54. The van der Waals surface area contributed by atoms with Crippen molar-refractivity contribution >= 4 is 39.9 Å². The van der Waals surface area contributed by atoms with Crippen molar-refractivity contribution in [3.8, 4) is 0 Å². The van der Waals surface area contributed by atoms with Crippen LogP contribution in [0.4, 0.5) is 5.69 Å². The van der Waals surface area contributed by atoms with E-state index < -0.39 is 35.5 Å². The van der Waals surface area contributed by atoms with Crippen LogP contribution in [-0.2, 0) is 14.3 Å². The molecule has 6 heteroatoms. The first-order valence-electron chi connectivity index (χ1n) is 11.6. The number of nitrogens with one attached hydrogen (secondary N) is 1. The van der Waals surface area contributed by atoms with Gasteiger partial charge in [0.15, 0.2) is 5.78 Å². The summed E-state index contributed by atoms with van der Waals surface area (Å²) in [5.74, 6) is -4.67. The van der Waals surface area contributed by atoms with E-state index >= 15 is 0 Å². The second kappa shape index (κ2) is 9.23. The van der Waals surface area contributed by atoms with E-state index in [1.165, 1.54) is 0 Å². The molecule has 6 nitrogen and oxygen atoms in total. The summed E-state index contributed by atoms with van der Waals surface area (Å²) in [5, 5.41) is 4.38. The van der Waals surface area contributed by atoms with Crippen molar-refractivity contribution < 1.29 is 23.9 Å². The first-order valence-corrected chi connectivity index (χ1v) is 11.6. The molecule has 0 saturated heterocycles. The lowest BCUT2D eigenvalue weighted by molar-refractivity contribution is -0.138. The second-order valence-corrected chi connectivity index (χ2v) is 8.95. The molecule has 4 aromatic carbocycles. The van der Waals surface area contributed by atoms with Crippen molar-refractivity contribution in [3.05, 3.63) is 113 Å². The lowest BCUT2D eigenvalue weighted by atomic mass is 9.84. The number of carbonyl (C=O) groups excluding carboxylic acids is 4. The molecule has 0 saturated carbocycles. The Kier molecular flexibility index (Phi) is 5.94. The smallest absolute Gasteiger partial charge is 0.339 e. The van der Waals surface area contributed by atoms with Crippen molar-refractivity contribution in [1.29, 1.82) is 0 Å². The van der Waals surface area contributed by atoms with Gasteiger partial charge in [0.05, 0.1) is 5.56 Å². The first-order chi connectivity index (χ1) is 17.3. The maximum atomic E-state index is 13.8. The Morgan fingerprint density at radius 2 is 1.56 bits per heavy atom. The van der Waals surface area contributed by atoms with E-state index in [1.54, 1.807) is 48.5 Å². The van der Waals surface area contributed by atoms with Gasteiger partial charge in [-0.3, -0.25) is 14.4 Å². The van der Waals surface area contributed by atoms with Crippen LogP contribution >= 0.6 is 0 Å². The molecule has 0 aromatic heterocycles. The van der Waals surface area contributed by atoms with Gasteiger partial charge < -0.3 is 10.1 Å². The van der Waals surface area contributed by atoms with E-state index in [9.17, 15) is 19.2 Å². The molecule has 2 atom stereocenters. The Morgan fingerprint density at radius 1 is 0.833 bits per heavy atom. The van der Waals surface area contributed by atoms with Crippen LogP contribution in [0, 0.1) is 19.8 Å². The zero-order valence-corrected chi connectivity index (χ0v) is 19.8. The van der Waals surface area contributed by atoms with Crippen LogP contribution in [-0.4, -0.2) is 23.4 Å². The molecule has 0 aliphatic carbocycles. The van der Waals surface area contributed by atoms with Crippen LogP contribution in [0.25, 0.3) is 10.8 Å². The van der Waals surface area contributed by atoms with E-state index in [0.29, 0.717) is 11.3 Å². The summed E-state index contributed by atoms with van der Waals surface area (Å²) in [6.45, 7) is 3.74. The number of hydrogen-bond acceptors (Lipinski definition) is 5. The average Bonchev–Trinajstić information content (AvgIpc) is 3.21. The van der Waals surface area contributed by atoms with Gasteiger partial charge in [-0.15, -0.1) is 0 Å². The second-order valence-electron chi connectivity index (χ2n) is 8.95. The monoisotopic (exact) mass is 477 g/mol. The summed E-state index contributed by atoms with van der Waals surface area (Å²) >= 11 is 0. The molecule has 36 heavy (non-hydrogen) atoms. The molecule has 1 amide bonds. The minimum atomic E-state index is -1.54. The maximum Gasteiger partial charge on any atom is 0.339 e. The van der Waals surface area contributed by atoms with Gasteiger partial charge >= 0.3 is 5.97 Å². The highest BCUT2D eigenvalue weighted by atomic mass is 16.5. The normalized spacial score (nSPS) is 15.2. The Morgan fingerprint density at radius 3 is 2.33 bits per heavy atom. The minimum absolute atomic E-state index is 0.256. The number of cyclic esters (lactones) is 1. The molecule has 0 bridgehead atoms. The van der Waals surface area contributed by atoms with Gasteiger partial charge in [0.1, 0.15) is 12.0 Å². The van der Waals surface area contributed by atoms with E-state index in [-0.39, 0.29) is 11.1 Å². The fraction of sp³-hybridized carbons (Fsp3) is 0.133. The number of ether oxygens (including phenoxy) is 1. The number of benzene rings is 4. The maximum absolute atomic E-state index is 13.8. The molecule has 0 unspecified atom stereocenters. The van der Waals surface area contributed by atoms with E-state index in [2.05, 4.69) is 5.32 Å². The van der Waals surface area contributed by atoms with Gasteiger partial charge in [-0.1, -0.05) is 72.3 Å². The highest BCUT2D eigenvalue weighted by Crippen LogP contribution is 2.38. The SMILES string of the molecule is Cc1ccc(NC(=O)C(=O)[C@@H](C(=O)c2ccc3ccccc3c2)[C@@H]2OC(=O)c3ccccc32)c(C)c1. The molecule has 1 heterocycles. The van der Waals surface area contributed by atoms with Crippen molar-refractivity contribution in [2.45, 2.75) is 20.0 Å². The molecule has 1 aliphatic heterocycles. The third-order valence-electron chi connectivity index (χ3n) is 6.48. The molecular weight excluding hydrogens is 454 g/mol. The molecule has 1 N–H and O–H groups in total. The predicted octanol–water partition coefficient (Wildman–Crippen LogP) is 5.38. The number of fused-ring (bicyclic) bond motifs is 2. The number of amides is 1. The number of esters is 1. The summed E-state index contributed by atoms with van der Waals surface area (Å²) in [6, 6.07) is 24.6. The predicted molar refractivity (Wildman–Crippen MR) is 136 cm³/mol. The largest absolute Gasteiger partial charge is 0.453 e. The molecular formula is C30H23NO5. The third kappa shape index (κ3) is 4.18. The number of ketones is 2. The first kappa shape index (κ1) is 23.2. The van der Waals surface area contributed by atoms with Crippen molar-refractivity contribution in [2.75, 3.05) is 5.32 Å². The molecule has 0 spiro atoms. The van der Waals surface area contributed by atoms with Crippen molar-refractivity contribution in [1.82, 2.24) is 0 Å². The van der Waals surface area contributed by atoms with Crippen molar-refractivity contribution in [2.24, 2.45) is 5.92 Å². The van der Waals surface area contributed by atoms with Gasteiger partial charge in [0.25, 0.3) is 5.91 Å². The number of Topliss-reactive ketones (excluding diaryl/α,β-unsaturated/α-hetero) is 2. The van der Waals surface area contributed by atoms with Crippen LogP contribution in [0.3, 0.4) is 0 Å². The fourth-order valence-corrected chi connectivity index (χ4v) is 4.62. The highest BCUT2D eigenvalue weighted by molar-refractivity contribution is 6.45. The number of rotatable bonds is 6. The lowest BCUT2D eigenvalue weighted by Crippen LogP contribution is -2.38. The Labute approximate surface area is 207 Å².